The minimum Gasteiger partial charge on any atom is -0.354 e. The molecule has 1 aromatic heterocycles. The van der Waals surface area contributed by atoms with Gasteiger partial charge in [-0.1, -0.05) is 0 Å². The van der Waals surface area contributed by atoms with E-state index in [0.29, 0.717) is 25.9 Å². The van der Waals surface area contributed by atoms with E-state index >= 15 is 0 Å². The van der Waals surface area contributed by atoms with Gasteiger partial charge >= 0.3 is 0 Å². The fourth-order valence-electron chi connectivity index (χ4n) is 2.11. The van der Waals surface area contributed by atoms with Gasteiger partial charge in [0.1, 0.15) is 4.90 Å². The number of nitrogens with zero attached hydrogens (tertiary/aromatic N) is 3. The summed E-state index contributed by atoms with van der Waals surface area (Å²) in [5, 5.41) is 2.81. The lowest BCUT2D eigenvalue weighted by Gasteiger charge is -2.31. The maximum atomic E-state index is 12.3. The van der Waals surface area contributed by atoms with Crippen LogP contribution in [0.5, 0.6) is 0 Å². The fourth-order valence-corrected chi connectivity index (χ4v) is 3.57. The summed E-state index contributed by atoms with van der Waals surface area (Å²) in [6, 6.07) is 0.0282. The van der Waals surface area contributed by atoms with Gasteiger partial charge in [-0.15, -0.1) is 0 Å². The van der Waals surface area contributed by atoms with Crippen LogP contribution in [0, 0.1) is 0 Å². The van der Waals surface area contributed by atoms with Crippen molar-refractivity contribution >= 4 is 27.5 Å². The molecule has 1 fully saturated rings. The molecular formula is C11H15ClN4O3S. The number of amides is 1. The van der Waals surface area contributed by atoms with Gasteiger partial charge in [0.05, 0.1) is 12.4 Å². The van der Waals surface area contributed by atoms with Gasteiger partial charge in [-0.25, -0.2) is 18.4 Å². The van der Waals surface area contributed by atoms with Crippen LogP contribution in [-0.4, -0.2) is 47.7 Å². The van der Waals surface area contributed by atoms with Gasteiger partial charge in [-0.2, -0.15) is 4.31 Å². The molecule has 7 nitrogen and oxygen atoms in total. The molecule has 0 atom stereocenters. The average Bonchev–Trinajstić information content (AvgIpc) is 2.39. The van der Waals surface area contributed by atoms with Crippen LogP contribution in [0.3, 0.4) is 0 Å². The zero-order chi connectivity index (χ0) is 14.8. The molecule has 1 aliphatic rings. The van der Waals surface area contributed by atoms with Crippen LogP contribution in [0.25, 0.3) is 0 Å². The minimum atomic E-state index is -3.59. The Morgan fingerprint density at radius 3 is 2.40 bits per heavy atom. The highest BCUT2D eigenvalue weighted by molar-refractivity contribution is 7.89. The lowest BCUT2D eigenvalue weighted by molar-refractivity contribution is -0.119. The first-order valence-corrected chi connectivity index (χ1v) is 7.96. The summed E-state index contributed by atoms with van der Waals surface area (Å²) in [6.45, 7) is 2.17. The third-order valence-electron chi connectivity index (χ3n) is 3.10. The molecule has 2 heterocycles. The molecule has 2 rings (SSSR count). The summed E-state index contributed by atoms with van der Waals surface area (Å²) in [4.78, 5) is 18.4. The number of carbonyl (C=O) groups excluding carboxylic acids is 1. The molecular weight excluding hydrogens is 304 g/mol. The fraction of sp³-hybridized carbons (Fsp3) is 0.545. The first-order valence-electron chi connectivity index (χ1n) is 6.14. The number of carbonyl (C=O) groups is 1. The van der Waals surface area contributed by atoms with Crippen LogP contribution >= 0.6 is 11.6 Å². The monoisotopic (exact) mass is 318 g/mol. The van der Waals surface area contributed by atoms with E-state index in [4.69, 9.17) is 11.6 Å². The number of piperidine rings is 1. The summed E-state index contributed by atoms with van der Waals surface area (Å²) in [5.41, 5.74) is 0. The van der Waals surface area contributed by atoms with Gasteiger partial charge < -0.3 is 5.32 Å². The van der Waals surface area contributed by atoms with Crippen LogP contribution in [0.2, 0.25) is 5.28 Å². The summed E-state index contributed by atoms with van der Waals surface area (Å²) in [5.74, 6) is -0.0996. The molecule has 110 valence electrons. The largest absolute Gasteiger partial charge is 0.354 e. The Morgan fingerprint density at radius 2 is 1.90 bits per heavy atom. The van der Waals surface area contributed by atoms with Gasteiger partial charge in [-0.05, 0) is 24.4 Å². The highest BCUT2D eigenvalue weighted by atomic mass is 35.5. The van der Waals surface area contributed by atoms with Gasteiger partial charge in [0.25, 0.3) is 0 Å². The number of halogens is 1. The average molecular weight is 319 g/mol. The maximum absolute atomic E-state index is 12.3. The second kappa shape index (κ2) is 6.02. The normalized spacial score (nSPS) is 17.9. The second-order valence-electron chi connectivity index (χ2n) is 4.57. The molecule has 0 spiro atoms. The molecule has 1 aromatic rings. The van der Waals surface area contributed by atoms with E-state index in [1.54, 1.807) is 0 Å². The van der Waals surface area contributed by atoms with Crippen molar-refractivity contribution in [1.82, 2.24) is 19.6 Å². The van der Waals surface area contributed by atoms with E-state index in [0.717, 1.165) is 0 Å². The molecule has 0 bridgehead atoms. The third kappa shape index (κ3) is 3.44. The number of nitrogens with one attached hydrogen (secondary N) is 1. The lowest BCUT2D eigenvalue weighted by atomic mass is 10.1. The summed E-state index contributed by atoms with van der Waals surface area (Å²) < 4.78 is 26.1. The molecule has 9 heteroatoms. The quantitative estimate of drug-likeness (QED) is 0.815. The number of hydrogen-bond donors (Lipinski definition) is 1. The minimum absolute atomic E-state index is 0.00770. The van der Waals surface area contributed by atoms with E-state index in [-0.39, 0.29) is 22.1 Å². The van der Waals surface area contributed by atoms with E-state index in [2.05, 4.69) is 15.3 Å². The zero-order valence-corrected chi connectivity index (χ0v) is 12.5. The van der Waals surface area contributed by atoms with Crippen LogP contribution < -0.4 is 5.32 Å². The number of hydrogen-bond acceptors (Lipinski definition) is 5. The maximum Gasteiger partial charge on any atom is 0.246 e. The summed E-state index contributed by atoms with van der Waals surface area (Å²) in [6.07, 6.45) is 3.58. The SMILES string of the molecule is CC(=O)NC1CCN(S(=O)(=O)c2cnc(Cl)nc2)CC1. The smallest absolute Gasteiger partial charge is 0.246 e. The molecule has 1 saturated heterocycles. The molecule has 1 aliphatic heterocycles. The van der Waals surface area contributed by atoms with Gasteiger partial charge in [0.15, 0.2) is 0 Å². The summed E-state index contributed by atoms with van der Waals surface area (Å²) in [7, 11) is -3.59. The Balaban J connectivity index is 2.05. The highest BCUT2D eigenvalue weighted by Gasteiger charge is 2.30. The number of aromatic nitrogens is 2. The van der Waals surface area contributed by atoms with Crippen molar-refractivity contribution in [3.8, 4) is 0 Å². The number of rotatable bonds is 3. The van der Waals surface area contributed by atoms with Gasteiger partial charge in [-0.3, -0.25) is 4.79 Å². The third-order valence-corrected chi connectivity index (χ3v) is 5.14. The first kappa shape index (κ1) is 15.1. The lowest BCUT2D eigenvalue weighted by Crippen LogP contribution is -2.46. The second-order valence-corrected chi connectivity index (χ2v) is 6.84. The predicted molar refractivity (Wildman–Crippen MR) is 72.6 cm³/mol. The Hall–Kier alpha value is -1.25. The van der Waals surface area contributed by atoms with E-state index in [1.165, 1.54) is 23.6 Å². The molecule has 0 radical (unpaired) electrons. The van der Waals surface area contributed by atoms with Crippen molar-refractivity contribution < 1.29 is 13.2 Å². The van der Waals surface area contributed by atoms with E-state index in [1.807, 2.05) is 0 Å². The number of sulfonamides is 1. The van der Waals surface area contributed by atoms with E-state index < -0.39 is 10.0 Å². The van der Waals surface area contributed by atoms with Crippen molar-refractivity contribution in [2.45, 2.75) is 30.7 Å². The molecule has 1 amide bonds. The van der Waals surface area contributed by atoms with Crippen molar-refractivity contribution in [3.63, 3.8) is 0 Å². The molecule has 1 N–H and O–H groups in total. The Kier molecular flexibility index (Phi) is 4.56. The molecule has 0 saturated carbocycles. The Bertz CT molecular complexity index is 582. The van der Waals surface area contributed by atoms with Crippen molar-refractivity contribution in [3.05, 3.63) is 17.7 Å². The van der Waals surface area contributed by atoms with Crippen LogP contribution in [0.15, 0.2) is 17.3 Å². The van der Waals surface area contributed by atoms with Crippen molar-refractivity contribution in [1.29, 1.82) is 0 Å². The van der Waals surface area contributed by atoms with Crippen LogP contribution in [0.4, 0.5) is 0 Å². The molecule has 0 aromatic carbocycles. The molecule has 0 aliphatic carbocycles. The molecule has 20 heavy (non-hydrogen) atoms. The Morgan fingerprint density at radius 1 is 1.35 bits per heavy atom. The highest BCUT2D eigenvalue weighted by Crippen LogP contribution is 2.20. The van der Waals surface area contributed by atoms with Crippen LogP contribution in [-0.2, 0) is 14.8 Å². The van der Waals surface area contributed by atoms with Gasteiger partial charge in [0.2, 0.25) is 21.2 Å². The van der Waals surface area contributed by atoms with E-state index in [9.17, 15) is 13.2 Å². The molecule has 0 unspecified atom stereocenters. The van der Waals surface area contributed by atoms with Gasteiger partial charge in [0, 0.05) is 26.1 Å². The van der Waals surface area contributed by atoms with Crippen molar-refractivity contribution in [2.75, 3.05) is 13.1 Å². The van der Waals surface area contributed by atoms with Crippen molar-refractivity contribution in [2.24, 2.45) is 0 Å². The topological polar surface area (TPSA) is 92.3 Å². The Labute approximate surface area is 122 Å². The predicted octanol–water partition coefficient (Wildman–Crippen LogP) is 0.419. The zero-order valence-electron chi connectivity index (χ0n) is 10.9. The van der Waals surface area contributed by atoms with Crippen LogP contribution in [0.1, 0.15) is 19.8 Å². The first-order chi connectivity index (χ1) is 9.39. The standard InChI is InChI=1S/C11H15ClN4O3S/c1-8(17)15-9-2-4-16(5-3-9)20(18,19)10-6-13-11(12)14-7-10/h6-7,9H,2-5H2,1H3,(H,15,17). The summed E-state index contributed by atoms with van der Waals surface area (Å²) >= 11 is 5.54.